The molecule has 0 radical (unpaired) electrons. The molecule has 7 nitrogen and oxygen atoms in total. The van der Waals surface area contributed by atoms with E-state index in [2.05, 4.69) is 0 Å². The summed E-state index contributed by atoms with van der Waals surface area (Å²) in [4.78, 5) is 39.2. The van der Waals surface area contributed by atoms with Crippen molar-refractivity contribution < 1.29 is 23.5 Å². The molecule has 0 spiro atoms. The Hall–Kier alpha value is -2.48. The Morgan fingerprint density at radius 3 is 2.52 bits per heavy atom. The van der Waals surface area contributed by atoms with E-state index in [0.717, 1.165) is 11.0 Å². The Balaban J connectivity index is 1.75. The minimum atomic E-state index is -0.633. The van der Waals surface area contributed by atoms with Gasteiger partial charge in [-0.25, -0.2) is 9.29 Å². The van der Waals surface area contributed by atoms with Gasteiger partial charge in [0.15, 0.2) is 11.6 Å². The molecule has 134 valence electrons. The lowest BCUT2D eigenvalue weighted by Crippen LogP contribution is -2.47. The van der Waals surface area contributed by atoms with Crippen LogP contribution in [0, 0.1) is 11.7 Å². The predicted octanol–water partition coefficient (Wildman–Crippen LogP) is 0.663. The van der Waals surface area contributed by atoms with E-state index in [4.69, 9.17) is 10.5 Å². The summed E-state index contributed by atoms with van der Waals surface area (Å²) in [6.45, 7) is 1.06. The number of primary amides is 1. The zero-order valence-electron chi connectivity index (χ0n) is 13.9. The molecule has 0 bridgehead atoms. The quantitative estimate of drug-likeness (QED) is 0.806. The van der Waals surface area contributed by atoms with Crippen LogP contribution in [0.5, 0.6) is 5.75 Å². The number of benzene rings is 1. The maximum absolute atomic E-state index is 13.9. The number of anilines is 1. The molecule has 0 saturated carbocycles. The van der Waals surface area contributed by atoms with Crippen molar-refractivity contribution in [2.24, 2.45) is 11.7 Å². The number of carbonyl (C=O) groups excluding carboxylic acids is 3. The number of hydrogen-bond donors (Lipinski definition) is 1. The maximum Gasteiger partial charge on any atom is 0.251 e. The minimum absolute atomic E-state index is 0.0490. The van der Waals surface area contributed by atoms with Crippen LogP contribution in [0.1, 0.15) is 19.3 Å². The van der Waals surface area contributed by atoms with Crippen molar-refractivity contribution in [3.63, 3.8) is 0 Å². The Morgan fingerprint density at radius 1 is 1.28 bits per heavy atom. The number of carbonyl (C=O) groups is 3. The van der Waals surface area contributed by atoms with E-state index in [1.807, 2.05) is 4.90 Å². The van der Waals surface area contributed by atoms with Crippen molar-refractivity contribution in [3.8, 4) is 5.75 Å². The summed E-state index contributed by atoms with van der Waals surface area (Å²) in [7, 11) is 1.34. The largest absolute Gasteiger partial charge is 0.494 e. The van der Waals surface area contributed by atoms with Gasteiger partial charge in [-0.1, -0.05) is 0 Å². The molecule has 2 saturated heterocycles. The van der Waals surface area contributed by atoms with Crippen LogP contribution in [0.4, 0.5) is 10.1 Å². The van der Waals surface area contributed by atoms with E-state index in [1.165, 1.54) is 19.2 Å². The van der Waals surface area contributed by atoms with Gasteiger partial charge in [0, 0.05) is 12.0 Å². The first kappa shape index (κ1) is 17.3. The highest BCUT2D eigenvalue weighted by atomic mass is 19.1. The third-order valence-corrected chi connectivity index (χ3v) is 4.89. The number of amides is 3. The van der Waals surface area contributed by atoms with Gasteiger partial charge in [-0.15, -0.1) is 0 Å². The molecule has 1 aromatic rings. The van der Waals surface area contributed by atoms with Gasteiger partial charge in [-0.05, 0) is 38.1 Å². The highest BCUT2D eigenvalue weighted by Crippen LogP contribution is 2.30. The Morgan fingerprint density at radius 2 is 1.96 bits per heavy atom. The number of nitrogens with zero attached hydrogens (tertiary/aromatic N) is 2. The molecule has 1 atom stereocenters. The maximum atomic E-state index is 13.9. The Labute approximate surface area is 144 Å². The second-order valence-electron chi connectivity index (χ2n) is 6.32. The van der Waals surface area contributed by atoms with E-state index in [-0.39, 0.29) is 41.5 Å². The standard InChI is InChI=1S/C17H20FN3O4/c1-25-14-3-2-11(8-12(14)18)21-15(22)9-13(17(21)24)20-6-4-10(5-7-20)16(19)23/h2-3,8,10,13H,4-7,9H2,1H3,(H2,19,23)/t13-/m1/s1. The molecular weight excluding hydrogens is 329 g/mol. The van der Waals surface area contributed by atoms with E-state index in [1.54, 1.807) is 0 Å². The summed E-state index contributed by atoms with van der Waals surface area (Å²) in [5.41, 5.74) is 5.52. The minimum Gasteiger partial charge on any atom is -0.494 e. The second-order valence-corrected chi connectivity index (χ2v) is 6.32. The number of piperidine rings is 1. The molecule has 2 aliphatic rings. The van der Waals surface area contributed by atoms with Crippen LogP contribution in [0.3, 0.4) is 0 Å². The summed E-state index contributed by atoms with van der Waals surface area (Å²) in [5.74, 6) is -1.83. The first-order valence-corrected chi connectivity index (χ1v) is 8.16. The molecule has 8 heteroatoms. The summed E-state index contributed by atoms with van der Waals surface area (Å²) >= 11 is 0. The van der Waals surface area contributed by atoms with Crippen molar-refractivity contribution in [2.45, 2.75) is 25.3 Å². The number of imide groups is 1. The summed E-state index contributed by atoms with van der Waals surface area (Å²) in [6.07, 6.45) is 1.20. The molecule has 0 unspecified atom stereocenters. The zero-order valence-corrected chi connectivity index (χ0v) is 13.9. The van der Waals surface area contributed by atoms with Gasteiger partial charge in [0.05, 0.1) is 25.3 Å². The number of hydrogen-bond acceptors (Lipinski definition) is 5. The fourth-order valence-electron chi connectivity index (χ4n) is 3.46. The van der Waals surface area contributed by atoms with Gasteiger partial charge in [-0.3, -0.25) is 19.3 Å². The average molecular weight is 349 g/mol. The normalized spacial score (nSPS) is 22.5. The Bertz CT molecular complexity index is 716. The van der Waals surface area contributed by atoms with Crippen LogP contribution in [0.2, 0.25) is 0 Å². The van der Waals surface area contributed by atoms with E-state index < -0.39 is 11.9 Å². The second kappa shape index (κ2) is 6.79. The van der Waals surface area contributed by atoms with E-state index in [0.29, 0.717) is 25.9 Å². The number of halogens is 1. The molecule has 2 heterocycles. The van der Waals surface area contributed by atoms with Crippen molar-refractivity contribution in [3.05, 3.63) is 24.0 Å². The van der Waals surface area contributed by atoms with Crippen molar-refractivity contribution in [1.29, 1.82) is 0 Å². The van der Waals surface area contributed by atoms with Gasteiger partial charge >= 0.3 is 0 Å². The van der Waals surface area contributed by atoms with Crippen LogP contribution < -0.4 is 15.4 Å². The lowest BCUT2D eigenvalue weighted by atomic mass is 9.95. The third kappa shape index (κ3) is 3.21. The first-order chi connectivity index (χ1) is 11.9. The molecule has 0 aliphatic carbocycles. The van der Waals surface area contributed by atoms with Crippen LogP contribution in [-0.4, -0.2) is 48.9 Å². The number of nitrogens with two attached hydrogens (primary N) is 1. The van der Waals surface area contributed by atoms with Gasteiger partial charge in [0.2, 0.25) is 11.8 Å². The first-order valence-electron chi connectivity index (χ1n) is 8.16. The third-order valence-electron chi connectivity index (χ3n) is 4.89. The summed E-state index contributed by atoms with van der Waals surface area (Å²) in [6, 6.07) is 3.42. The van der Waals surface area contributed by atoms with Crippen molar-refractivity contribution >= 4 is 23.4 Å². The lowest BCUT2D eigenvalue weighted by molar-refractivity contribution is -0.124. The van der Waals surface area contributed by atoms with Crippen LogP contribution in [-0.2, 0) is 14.4 Å². The molecule has 1 aromatic carbocycles. The average Bonchev–Trinajstić information content (AvgIpc) is 2.89. The number of ether oxygens (including phenoxy) is 1. The summed E-state index contributed by atoms with van der Waals surface area (Å²) < 4.78 is 18.8. The fraction of sp³-hybridized carbons (Fsp3) is 0.471. The van der Waals surface area contributed by atoms with Gasteiger partial charge in [-0.2, -0.15) is 0 Å². The van der Waals surface area contributed by atoms with Gasteiger partial charge < -0.3 is 10.5 Å². The van der Waals surface area contributed by atoms with E-state index >= 15 is 0 Å². The zero-order chi connectivity index (χ0) is 18.1. The number of likely N-dealkylation sites (tertiary alicyclic amines) is 1. The monoisotopic (exact) mass is 349 g/mol. The number of rotatable bonds is 4. The van der Waals surface area contributed by atoms with Gasteiger partial charge in [0.1, 0.15) is 0 Å². The SMILES string of the molecule is COc1ccc(N2C(=O)C[C@@H](N3CCC(C(N)=O)CC3)C2=O)cc1F. The molecule has 2 aliphatic heterocycles. The summed E-state index contributed by atoms with van der Waals surface area (Å²) in [5, 5.41) is 0. The highest BCUT2D eigenvalue weighted by molar-refractivity contribution is 6.22. The van der Waals surface area contributed by atoms with Crippen molar-refractivity contribution in [1.82, 2.24) is 4.90 Å². The Kier molecular flexibility index (Phi) is 4.71. The molecule has 2 fully saturated rings. The van der Waals surface area contributed by atoms with Crippen molar-refractivity contribution in [2.75, 3.05) is 25.1 Å². The smallest absolute Gasteiger partial charge is 0.251 e. The lowest BCUT2D eigenvalue weighted by Gasteiger charge is -2.33. The molecular formula is C17H20FN3O4. The molecule has 0 aromatic heterocycles. The van der Waals surface area contributed by atoms with Crippen LogP contribution in [0.25, 0.3) is 0 Å². The molecule has 25 heavy (non-hydrogen) atoms. The van der Waals surface area contributed by atoms with Gasteiger partial charge in [0.25, 0.3) is 5.91 Å². The van der Waals surface area contributed by atoms with Crippen LogP contribution in [0.15, 0.2) is 18.2 Å². The predicted molar refractivity (Wildman–Crippen MR) is 87.3 cm³/mol. The molecule has 3 rings (SSSR count). The fourth-order valence-corrected chi connectivity index (χ4v) is 3.46. The molecule has 3 amide bonds. The highest BCUT2D eigenvalue weighted by Gasteiger charge is 2.43. The number of methoxy groups -OCH3 is 1. The van der Waals surface area contributed by atoms with E-state index in [9.17, 15) is 18.8 Å². The molecule has 2 N–H and O–H groups in total. The topological polar surface area (TPSA) is 92.9 Å². The van der Waals surface area contributed by atoms with Crippen LogP contribution >= 0.6 is 0 Å².